The van der Waals surface area contributed by atoms with Crippen molar-refractivity contribution in [2.45, 2.75) is 32.2 Å². The number of benzene rings is 2. The molecule has 2 N–H and O–H groups in total. The average Bonchev–Trinajstić information content (AvgIpc) is 3.30. The number of ether oxygens (including phenoxy) is 3. The van der Waals surface area contributed by atoms with Crippen LogP contribution in [-0.2, 0) is 17.8 Å². The van der Waals surface area contributed by atoms with E-state index in [1.54, 1.807) is 24.0 Å². The van der Waals surface area contributed by atoms with Crippen LogP contribution >= 0.6 is 0 Å². The molecular formula is C29H30N2O7. The van der Waals surface area contributed by atoms with Crippen molar-refractivity contribution in [1.29, 1.82) is 0 Å². The first-order valence-electron chi connectivity index (χ1n) is 12.3. The van der Waals surface area contributed by atoms with Crippen LogP contribution in [0.3, 0.4) is 0 Å². The van der Waals surface area contributed by atoms with Gasteiger partial charge in [0.2, 0.25) is 17.1 Å². The lowest BCUT2D eigenvalue weighted by Crippen LogP contribution is -2.36. The van der Waals surface area contributed by atoms with Gasteiger partial charge in [-0.2, -0.15) is 0 Å². The molecule has 3 heterocycles. The van der Waals surface area contributed by atoms with Gasteiger partial charge < -0.3 is 33.6 Å². The summed E-state index contributed by atoms with van der Waals surface area (Å²) in [5, 5.41) is 11.9. The van der Waals surface area contributed by atoms with Crippen molar-refractivity contribution in [3.05, 3.63) is 81.0 Å². The lowest BCUT2D eigenvalue weighted by atomic mass is 9.90. The minimum absolute atomic E-state index is 0.00261. The number of nitrogens with one attached hydrogen (secondary N) is 1. The van der Waals surface area contributed by atoms with Gasteiger partial charge >= 0.3 is 0 Å². The Labute approximate surface area is 219 Å². The van der Waals surface area contributed by atoms with E-state index in [0.29, 0.717) is 41.7 Å². The summed E-state index contributed by atoms with van der Waals surface area (Å²) in [4.78, 5) is 31.5. The molecule has 5 rings (SSSR count). The Bertz CT molecular complexity index is 1570. The molecule has 1 atom stereocenters. The molecule has 198 valence electrons. The second-order valence-electron chi connectivity index (χ2n) is 9.33. The molecular weight excluding hydrogens is 488 g/mol. The highest BCUT2D eigenvalue weighted by atomic mass is 16.5. The molecule has 1 aliphatic rings. The van der Waals surface area contributed by atoms with E-state index in [-0.39, 0.29) is 18.1 Å². The molecule has 2 aromatic carbocycles. The Hall–Kier alpha value is -4.40. The number of para-hydroxylation sites is 1. The number of nitrogens with zero attached hydrogens (tertiary/aromatic N) is 1. The molecule has 0 fully saturated rings. The molecule has 0 spiro atoms. The van der Waals surface area contributed by atoms with Gasteiger partial charge in [0.1, 0.15) is 11.5 Å². The quantitative estimate of drug-likeness (QED) is 0.376. The highest BCUT2D eigenvalue weighted by Crippen LogP contribution is 2.43. The molecule has 0 unspecified atom stereocenters. The third kappa shape index (κ3) is 4.44. The van der Waals surface area contributed by atoms with Crippen LogP contribution in [0.2, 0.25) is 0 Å². The number of amides is 1. The van der Waals surface area contributed by atoms with Crippen LogP contribution in [-0.4, -0.2) is 48.8 Å². The molecule has 0 saturated carbocycles. The van der Waals surface area contributed by atoms with Crippen molar-refractivity contribution in [2.24, 2.45) is 0 Å². The number of hydrogen-bond acceptors (Lipinski definition) is 7. The molecule has 0 radical (unpaired) electrons. The maximum atomic E-state index is 13.8. The van der Waals surface area contributed by atoms with Crippen molar-refractivity contribution in [2.75, 3.05) is 27.9 Å². The van der Waals surface area contributed by atoms with E-state index in [9.17, 15) is 14.7 Å². The zero-order chi connectivity index (χ0) is 27.0. The molecule has 2 aromatic heterocycles. The molecule has 1 amide bonds. The molecule has 9 nitrogen and oxygen atoms in total. The number of fused-ring (bicyclic) bond motifs is 3. The summed E-state index contributed by atoms with van der Waals surface area (Å²) in [5.41, 5.74) is 3.22. The minimum Gasteiger partial charge on any atom is -0.502 e. The van der Waals surface area contributed by atoms with Crippen LogP contribution in [0.5, 0.6) is 23.0 Å². The van der Waals surface area contributed by atoms with Crippen molar-refractivity contribution in [3.63, 3.8) is 0 Å². The van der Waals surface area contributed by atoms with E-state index in [2.05, 4.69) is 11.1 Å². The largest absolute Gasteiger partial charge is 0.502 e. The van der Waals surface area contributed by atoms with Crippen molar-refractivity contribution >= 4 is 16.8 Å². The lowest BCUT2D eigenvalue weighted by molar-refractivity contribution is -0.132. The van der Waals surface area contributed by atoms with Gasteiger partial charge in [0, 0.05) is 47.3 Å². The molecule has 0 bridgehead atoms. The van der Waals surface area contributed by atoms with Crippen LogP contribution < -0.4 is 19.6 Å². The fourth-order valence-corrected chi connectivity index (χ4v) is 5.24. The van der Waals surface area contributed by atoms with Gasteiger partial charge in [-0.15, -0.1) is 0 Å². The second-order valence-corrected chi connectivity index (χ2v) is 9.33. The van der Waals surface area contributed by atoms with Gasteiger partial charge in [-0.25, -0.2) is 0 Å². The summed E-state index contributed by atoms with van der Waals surface area (Å²) >= 11 is 0. The number of carbonyl (C=O) groups is 1. The van der Waals surface area contributed by atoms with Gasteiger partial charge in [0.05, 0.1) is 33.8 Å². The number of hydrogen-bond donors (Lipinski definition) is 2. The van der Waals surface area contributed by atoms with Crippen molar-refractivity contribution in [3.8, 4) is 23.0 Å². The predicted octanol–water partition coefficient (Wildman–Crippen LogP) is 4.27. The van der Waals surface area contributed by atoms with E-state index in [1.165, 1.54) is 38.3 Å². The summed E-state index contributed by atoms with van der Waals surface area (Å²) in [6.07, 6.45) is 0.654. The number of rotatable bonds is 7. The van der Waals surface area contributed by atoms with Crippen LogP contribution in [0, 0.1) is 6.92 Å². The van der Waals surface area contributed by atoms with Gasteiger partial charge in [-0.3, -0.25) is 9.59 Å². The molecule has 38 heavy (non-hydrogen) atoms. The van der Waals surface area contributed by atoms with Gasteiger partial charge in [0.15, 0.2) is 17.3 Å². The normalized spacial score (nSPS) is 13.7. The third-order valence-corrected chi connectivity index (χ3v) is 7.11. The second kappa shape index (κ2) is 10.2. The first-order valence-corrected chi connectivity index (χ1v) is 12.3. The first-order chi connectivity index (χ1) is 18.3. The topological polar surface area (TPSA) is 114 Å². The fourth-order valence-electron chi connectivity index (χ4n) is 5.24. The number of carbonyl (C=O) groups excluding carboxylic acids is 1. The van der Waals surface area contributed by atoms with Crippen molar-refractivity contribution in [1.82, 2.24) is 9.88 Å². The zero-order valence-corrected chi connectivity index (χ0v) is 21.8. The number of aromatic hydroxyl groups is 1. The summed E-state index contributed by atoms with van der Waals surface area (Å²) in [7, 11) is 4.51. The molecule has 9 heteroatoms. The Morgan fingerprint density at radius 2 is 1.79 bits per heavy atom. The summed E-state index contributed by atoms with van der Waals surface area (Å²) < 4.78 is 22.4. The van der Waals surface area contributed by atoms with E-state index in [1.807, 2.05) is 18.2 Å². The van der Waals surface area contributed by atoms with Crippen LogP contribution in [0.1, 0.15) is 40.7 Å². The number of methoxy groups -OCH3 is 3. The Kier molecular flexibility index (Phi) is 6.75. The number of aromatic nitrogens is 1. The van der Waals surface area contributed by atoms with E-state index < -0.39 is 17.1 Å². The highest BCUT2D eigenvalue weighted by molar-refractivity contribution is 5.86. The maximum Gasteiger partial charge on any atom is 0.227 e. The first kappa shape index (κ1) is 25.3. The summed E-state index contributed by atoms with van der Waals surface area (Å²) in [6.45, 7) is 2.60. The van der Waals surface area contributed by atoms with Gasteiger partial charge in [-0.05, 0) is 31.0 Å². The molecule has 1 aliphatic heterocycles. The van der Waals surface area contributed by atoms with Crippen molar-refractivity contribution < 1.29 is 28.5 Å². The summed E-state index contributed by atoms with van der Waals surface area (Å²) in [5.74, 6) is 0.0555. The minimum atomic E-state index is -0.825. The smallest absolute Gasteiger partial charge is 0.227 e. The van der Waals surface area contributed by atoms with E-state index in [0.717, 1.165) is 17.6 Å². The average molecular weight is 519 g/mol. The summed E-state index contributed by atoms with van der Waals surface area (Å²) in [6, 6.07) is 12.7. The highest BCUT2D eigenvalue weighted by Gasteiger charge is 2.32. The standard InChI is InChI=1S/C29H30N2O7/c1-16-11-23(32)28(34)29(38-16)20(19-12-25(36-3)26(37-4)14-24(19)35-2)13-27(33)31-10-9-18-17-7-5-6-8-21(17)30-22(18)15-31/h5-8,11-12,14,20,30,34H,9-10,13,15H2,1-4H3/t20-/m1/s1. The number of aryl methyl sites for hydroxylation is 1. The van der Waals surface area contributed by atoms with Gasteiger partial charge in [0.25, 0.3) is 0 Å². The Morgan fingerprint density at radius 1 is 1.08 bits per heavy atom. The Balaban J connectivity index is 1.55. The number of aromatic amines is 1. The van der Waals surface area contributed by atoms with E-state index in [4.69, 9.17) is 18.6 Å². The fraction of sp³-hybridized carbons (Fsp3) is 0.310. The lowest BCUT2D eigenvalue weighted by Gasteiger charge is -2.29. The molecule has 4 aromatic rings. The molecule has 0 aliphatic carbocycles. The number of H-pyrrole nitrogens is 1. The Morgan fingerprint density at radius 3 is 2.53 bits per heavy atom. The third-order valence-electron chi connectivity index (χ3n) is 7.11. The van der Waals surface area contributed by atoms with Gasteiger partial charge in [-0.1, -0.05) is 18.2 Å². The monoisotopic (exact) mass is 518 g/mol. The SMILES string of the molecule is COc1cc(OC)c([C@@H](CC(=O)N2CCc3c([nH]c4ccccc34)C2)c2oc(C)cc(=O)c2O)cc1OC. The van der Waals surface area contributed by atoms with Crippen LogP contribution in [0.25, 0.3) is 10.9 Å². The maximum absolute atomic E-state index is 13.8. The zero-order valence-electron chi connectivity index (χ0n) is 21.8. The van der Waals surface area contributed by atoms with Crippen LogP contribution in [0.4, 0.5) is 0 Å². The van der Waals surface area contributed by atoms with E-state index >= 15 is 0 Å². The van der Waals surface area contributed by atoms with Crippen LogP contribution in [0.15, 0.2) is 51.7 Å². The predicted molar refractivity (Wildman–Crippen MR) is 141 cm³/mol. The molecule has 0 saturated heterocycles.